The quantitative estimate of drug-likeness (QED) is 0.162. The second-order valence-corrected chi connectivity index (χ2v) is 18.7. The van der Waals surface area contributed by atoms with Crippen LogP contribution in [0.5, 0.6) is 0 Å². The zero-order valence-corrected chi connectivity index (χ0v) is 36.3. The van der Waals surface area contributed by atoms with Crippen LogP contribution in [0.2, 0.25) is 0 Å². The van der Waals surface area contributed by atoms with Gasteiger partial charge in [-0.15, -0.1) is 0 Å². The summed E-state index contributed by atoms with van der Waals surface area (Å²) in [4.78, 5) is 0. The molecule has 0 bridgehead atoms. The molecule has 0 heteroatoms. The Morgan fingerprint density at radius 3 is 0.877 bits per heavy atom. The van der Waals surface area contributed by atoms with Gasteiger partial charge in [0.2, 0.25) is 0 Å². The van der Waals surface area contributed by atoms with Crippen LogP contribution in [-0.2, 0) is 5.41 Å². The maximum atomic E-state index is 2.43. The van der Waals surface area contributed by atoms with E-state index < -0.39 is 0 Å². The molecule has 65 heavy (non-hydrogen) atoms. The Hall–Kier alpha value is -8.06. The fourth-order valence-electron chi connectivity index (χ4n) is 11.8. The molecule has 0 amide bonds. The van der Waals surface area contributed by atoms with Gasteiger partial charge in [0.15, 0.2) is 0 Å². The summed E-state index contributed by atoms with van der Waals surface area (Å²) < 4.78 is 0. The Balaban J connectivity index is 0.721. The van der Waals surface area contributed by atoms with E-state index in [0.29, 0.717) is 0 Å². The number of fused-ring (bicyclic) bond motifs is 9. The first-order valence-corrected chi connectivity index (χ1v) is 22.9. The summed E-state index contributed by atoms with van der Waals surface area (Å²) in [6.07, 6.45) is 0. The Morgan fingerprint density at radius 2 is 0.492 bits per heavy atom. The van der Waals surface area contributed by atoms with Crippen LogP contribution in [-0.4, -0.2) is 0 Å². The van der Waals surface area contributed by atoms with Crippen LogP contribution in [0, 0.1) is 0 Å². The highest BCUT2D eigenvalue weighted by Gasteiger charge is 2.36. The van der Waals surface area contributed by atoms with Crippen LogP contribution in [0.25, 0.3) is 133 Å². The average Bonchev–Trinajstić information content (AvgIpc) is 3.96. The van der Waals surface area contributed by atoms with Crippen molar-refractivity contribution in [1.82, 2.24) is 0 Å². The third kappa shape index (κ3) is 5.26. The van der Waals surface area contributed by atoms with Crippen LogP contribution in [0.3, 0.4) is 0 Å². The molecule has 0 radical (unpaired) electrons. The molecule has 0 N–H and O–H groups in total. The van der Waals surface area contributed by atoms with Crippen LogP contribution in [0.1, 0.15) is 25.0 Å². The topological polar surface area (TPSA) is 0 Å². The molecule has 302 valence electrons. The number of benzene rings is 11. The molecule has 0 atom stereocenters. The van der Waals surface area contributed by atoms with E-state index in [1.54, 1.807) is 0 Å². The molecule has 0 heterocycles. The predicted molar refractivity (Wildman–Crippen MR) is 275 cm³/mol. The average molecular weight is 823 g/mol. The molecule has 14 rings (SSSR count). The molecule has 0 fully saturated rings. The Kier molecular flexibility index (Phi) is 7.55. The summed E-state index contributed by atoms with van der Waals surface area (Å²) in [7, 11) is 0. The first-order valence-electron chi connectivity index (χ1n) is 22.9. The lowest BCUT2D eigenvalue weighted by atomic mass is 9.80. The van der Waals surface area contributed by atoms with Crippen molar-refractivity contribution in [2.75, 3.05) is 0 Å². The minimum absolute atomic E-state index is 0.129. The summed E-state index contributed by atoms with van der Waals surface area (Å²) in [5.41, 5.74) is 28.5. The van der Waals surface area contributed by atoms with E-state index in [2.05, 4.69) is 232 Å². The Bertz CT molecular complexity index is 3750. The summed E-state index contributed by atoms with van der Waals surface area (Å²) in [6, 6.07) is 81.9. The second kappa shape index (κ2) is 13.5. The van der Waals surface area contributed by atoms with Crippen molar-refractivity contribution in [3.8, 4) is 111 Å². The van der Waals surface area contributed by atoms with Gasteiger partial charge in [0.05, 0.1) is 0 Å². The number of hydrogen-bond donors (Lipinski definition) is 0. The molecule has 0 unspecified atom stereocenters. The van der Waals surface area contributed by atoms with Crippen LogP contribution in [0.4, 0.5) is 0 Å². The van der Waals surface area contributed by atoms with Crippen molar-refractivity contribution in [1.29, 1.82) is 0 Å². The van der Waals surface area contributed by atoms with Crippen LogP contribution in [0.15, 0.2) is 218 Å². The molecule has 0 saturated carbocycles. The van der Waals surface area contributed by atoms with E-state index in [0.717, 1.165) is 0 Å². The van der Waals surface area contributed by atoms with Gasteiger partial charge in [0, 0.05) is 5.41 Å². The van der Waals surface area contributed by atoms with E-state index in [-0.39, 0.29) is 5.41 Å². The highest BCUT2D eigenvalue weighted by molar-refractivity contribution is 6.20. The van der Waals surface area contributed by atoms with Crippen molar-refractivity contribution < 1.29 is 0 Å². The highest BCUT2D eigenvalue weighted by atomic mass is 14.4. The van der Waals surface area contributed by atoms with Crippen molar-refractivity contribution in [3.05, 3.63) is 230 Å². The molecule has 0 nitrogen and oxygen atoms in total. The number of hydrogen-bond acceptors (Lipinski definition) is 0. The zero-order valence-electron chi connectivity index (χ0n) is 36.3. The van der Waals surface area contributed by atoms with Crippen molar-refractivity contribution in [3.63, 3.8) is 0 Å². The minimum Gasteiger partial charge on any atom is -0.0616 e. The third-order valence-corrected chi connectivity index (χ3v) is 15.0. The van der Waals surface area contributed by atoms with Gasteiger partial charge in [0.25, 0.3) is 0 Å². The first-order chi connectivity index (χ1) is 32.0. The predicted octanol–water partition coefficient (Wildman–Crippen LogP) is 17.9. The second-order valence-electron chi connectivity index (χ2n) is 18.7. The molecule has 11 aromatic carbocycles. The van der Waals surface area contributed by atoms with Gasteiger partial charge in [0.1, 0.15) is 0 Å². The lowest BCUT2D eigenvalue weighted by Gasteiger charge is -2.22. The minimum atomic E-state index is -0.129. The standard InChI is InChI=1S/C65H42/c1-65(2)61-37-45(41-19-17-39(18-20-41)40-21-25-43(26-22-40)47-33-35-59-51-11-5-3-9-49(51)57-15-7-13-55(47)63(57)59)29-31-53(61)54-32-30-46(38-62(54)65)42-23-27-44(28-24-42)48-34-36-60-52-12-6-4-10-50(52)58-16-8-14-56(48)64(58)60/h3-38H,1-2H3. The molecule has 0 saturated heterocycles. The van der Waals surface area contributed by atoms with Gasteiger partial charge < -0.3 is 0 Å². The normalized spacial score (nSPS) is 13.2. The lowest BCUT2D eigenvalue weighted by Crippen LogP contribution is -2.15. The Labute approximate surface area is 379 Å². The van der Waals surface area contributed by atoms with E-state index in [4.69, 9.17) is 0 Å². The lowest BCUT2D eigenvalue weighted by molar-refractivity contribution is 0.661. The van der Waals surface area contributed by atoms with Gasteiger partial charge in [-0.2, -0.15) is 0 Å². The van der Waals surface area contributed by atoms with Crippen molar-refractivity contribution in [2.24, 2.45) is 0 Å². The number of rotatable bonds is 5. The highest BCUT2D eigenvalue weighted by Crippen LogP contribution is 2.53. The summed E-state index contributed by atoms with van der Waals surface area (Å²) in [5.74, 6) is 0. The maximum absolute atomic E-state index is 2.43. The van der Waals surface area contributed by atoms with E-state index >= 15 is 0 Å². The third-order valence-electron chi connectivity index (χ3n) is 15.0. The zero-order chi connectivity index (χ0) is 43.0. The van der Waals surface area contributed by atoms with Crippen LogP contribution < -0.4 is 0 Å². The fourth-order valence-corrected chi connectivity index (χ4v) is 11.8. The summed E-state index contributed by atoms with van der Waals surface area (Å²) >= 11 is 0. The molecule has 3 aliphatic carbocycles. The fraction of sp³-hybridized carbons (Fsp3) is 0.0462. The molecule has 0 aromatic heterocycles. The van der Waals surface area contributed by atoms with E-state index in [9.17, 15) is 0 Å². The smallest absolute Gasteiger partial charge is 0.0159 e. The van der Waals surface area contributed by atoms with Crippen LogP contribution >= 0.6 is 0 Å². The summed E-state index contributed by atoms with van der Waals surface area (Å²) in [6.45, 7) is 4.77. The Morgan fingerprint density at radius 1 is 0.215 bits per heavy atom. The largest absolute Gasteiger partial charge is 0.0616 e. The van der Waals surface area contributed by atoms with Crippen molar-refractivity contribution >= 4 is 21.5 Å². The molecular weight excluding hydrogens is 781 g/mol. The van der Waals surface area contributed by atoms with E-state index in [1.807, 2.05) is 0 Å². The molecular formula is C65H42. The van der Waals surface area contributed by atoms with Crippen molar-refractivity contribution in [2.45, 2.75) is 19.3 Å². The van der Waals surface area contributed by atoms with E-state index in [1.165, 1.54) is 144 Å². The van der Waals surface area contributed by atoms with Gasteiger partial charge in [-0.3, -0.25) is 0 Å². The molecule has 0 spiro atoms. The molecule has 11 aromatic rings. The maximum Gasteiger partial charge on any atom is 0.0159 e. The summed E-state index contributed by atoms with van der Waals surface area (Å²) in [5, 5.41) is 5.37. The molecule has 3 aliphatic rings. The van der Waals surface area contributed by atoms with Gasteiger partial charge >= 0.3 is 0 Å². The monoisotopic (exact) mass is 822 g/mol. The van der Waals surface area contributed by atoms with Gasteiger partial charge in [-0.25, -0.2) is 0 Å². The SMILES string of the molecule is CC1(C)c2cc(-c3ccc(-c4ccc(-c5ccc6c7c(cccc57)-c5ccccc5-6)cc4)cc3)ccc2-c2ccc(-c3ccc(-c4ccc5c6c(cccc46)-c4ccccc4-5)cc3)cc21. The first kappa shape index (κ1) is 36.4. The van der Waals surface area contributed by atoms with Gasteiger partial charge in [-0.05, 0) is 156 Å². The van der Waals surface area contributed by atoms with Gasteiger partial charge in [-0.1, -0.05) is 220 Å². The molecule has 0 aliphatic heterocycles.